The minimum atomic E-state index is -0.189. The van der Waals surface area contributed by atoms with Crippen molar-refractivity contribution in [1.29, 1.82) is 0 Å². The smallest absolute Gasteiger partial charge is 0.0693 e. The second kappa shape index (κ2) is 3.75. The van der Waals surface area contributed by atoms with E-state index in [4.69, 9.17) is 6.42 Å². The first-order valence-corrected chi connectivity index (χ1v) is 4.14. The molecule has 0 spiro atoms. The van der Waals surface area contributed by atoms with Gasteiger partial charge in [0, 0.05) is 6.04 Å². The van der Waals surface area contributed by atoms with Gasteiger partial charge in [-0.05, 0) is 26.2 Å². The van der Waals surface area contributed by atoms with Crippen molar-refractivity contribution in [1.82, 2.24) is 5.32 Å². The van der Waals surface area contributed by atoms with E-state index in [-0.39, 0.29) is 18.2 Å². The van der Waals surface area contributed by atoms with Gasteiger partial charge in [0.1, 0.15) is 0 Å². The lowest BCUT2D eigenvalue weighted by molar-refractivity contribution is 0.147. The minimum Gasteiger partial charge on any atom is -0.392 e. The Bertz CT molecular complexity index is 161. The lowest BCUT2D eigenvalue weighted by atomic mass is 10.2. The molecule has 0 aromatic heterocycles. The number of aliphatic hydroxyl groups is 1. The molecule has 0 radical (unpaired) electrons. The normalized spacial score (nSPS) is 33.2. The standard InChI is InChI=1S/C9H15NO/c1-3-7(2)10-8-5-4-6-9(8)11/h1,7-11H,4-6H2,2H3/t7?,8-,9-/m0/s1. The molecule has 0 aromatic rings. The van der Waals surface area contributed by atoms with Crippen molar-refractivity contribution >= 4 is 0 Å². The van der Waals surface area contributed by atoms with Gasteiger partial charge in [0.15, 0.2) is 0 Å². The third kappa shape index (κ3) is 2.21. The topological polar surface area (TPSA) is 32.3 Å². The third-order valence-electron chi connectivity index (χ3n) is 2.19. The van der Waals surface area contributed by atoms with E-state index in [1.54, 1.807) is 0 Å². The van der Waals surface area contributed by atoms with E-state index >= 15 is 0 Å². The predicted molar refractivity (Wildman–Crippen MR) is 45.1 cm³/mol. The number of rotatable bonds is 2. The van der Waals surface area contributed by atoms with Crippen LogP contribution in [0.5, 0.6) is 0 Å². The Kier molecular flexibility index (Phi) is 2.92. The van der Waals surface area contributed by atoms with Gasteiger partial charge >= 0.3 is 0 Å². The maximum absolute atomic E-state index is 9.40. The van der Waals surface area contributed by atoms with Crippen LogP contribution in [-0.4, -0.2) is 23.3 Å². The van der Waals surface area contributed by atoms with E-state index in [0.29, 0.717) is 0 Å². The Balaban J connectivity index is 2.32. The predicted octanol–water partition coefficient (Wildman–Crippen LogP) is 0.511. The average molecular weight is 153 g/mol. The summed E-state index contributed by atoms with van der Waals surface area (Å²) in [6.07, 6.45) is 8.08. The molecule has 11 heavy (non-hydrogen) atoms. The molecule has 0 heterocycles. The fourth-order valence-electron chi connectivity index (χ4n) is 1.50. The van der Waals surface area contributed by atoms with Crippen molar-refractivity contribution in [3.8, 4) is 12.3 Å². The maximum Gasteiger partial charge on any atom is 0.0693 e. The Morgan fingerprint density at radius 2 is 2.36 bits per heavy atom. The molecule has 1 fully saturated rings. The van der Waals surface area contributed by atoms with Crippen LogP contribution in [0.2, 0.25) is 0 Å². The van der Waals surface area contributed by atoms with Crippen LogP contribution in [0.3, 0.4) is 0 Å². The molecule has 2 heteroatoms. The fourth-order valence-corrected chi connectivity index (χ4v) is 1.50. The van der Waals surface area contributed by atoms with E-state index in [2.05, 4.69) is 11.2 Å². The van der Waals surface area contributed by atoms with E-state index in [9.17, 15) is 5.11 Å². The van der Waals surface area contributed by atoms with Crippen LogP contribution in [0.4, 0.5) is 0 Å². The van der Waals surface area contributed by atoms with Gasteiger partial charge in [-0.3, -0.25) is 5.32 Å². The van der Waals surface area contributed by atoms with Crippen LogP contribution in [0.1, 0.15) is 26.2 Å². The first-order valence-electron chi connectivity index (χ1n) is 4.14. The molecule has 1 aliphatic rings. The first kappa shape index (κ1) is 8.58. The molecule has 1 unspecified atom stereocenters. The van der Waals surface area contributed by atoms with E-state index in [1.807, 2.05) is 6.92 Å². The summed E-state index contributed by atoms with van der Waals surface area (Å²) >= 11 is 0. The van der Waals surface area contributed by atoms with Crippen LogP contribution in [0, 0.1) is 12.3 Å². The second-order valence-corrected chi connectivity index (χ2v) is 3.16. The Labute approximate surface area is 68.0 Å². The molecule has 0 aliphatic heterocycles. The summed E-state index contributed by atoms with van der Waals surface area (Å²) in [4.78, 5) is 0. The van der Waals surface area contributed by atoms with Crippen LogP contribution in [0.15, 0.2) is 0 Å². The summed E-state index contributed by atoms with van der Waals surface area (Å²) in [6, 6.07) is 0.300. The fraction of sp³-hybridized carbons (Fsp3) is 0.778. The summed E-state index contributed by atoms with van der Waals surface area (Å²) in [7, 11) is 0. The minimum absolute atomic E-state index is 0.0766. The maximum atomic E-state index is 9.40. The summed E-state index contributed by atoms with van der Waals surface area (Å²) in [6.45, 7) is 1.94. The van der Waals surface area contributed by atoms with Gasteiger partial charge < -0.3 is 5.11 Å². The zero-order valence-electron chi connectivity index (χ0n) is 6.88. The quantitative estimate of drug-likeness (QED) is 0.567. The molecule has 0 bridgehead atoms. The van der Waals surface area contributed by atoms with Crippen LogP contribution in [0.25, 0.3) is 0 Å². The molecule has 1 saturated carbocycles. The molecule has 3 atom stereocenters. The molecule has 0 saturated heterocycles. The summed E-state index contributed by atoms with van der Waals surface area (Å²) < 4.78 is 0. The molecule has 2 nitrogen and oxygen atoms in total. The number of aliphatic hydroxyl groups excluding tert-OH is 1. The summed E-state index contributed by atoms with van der Waals surface area (Å²) in [5.74, 6) is 2.59. The Hall–Kier alpha value is -0.520. The van der Waals surface area contributed by atoms with Crippen molar-refractivity contribution < 1.29 is 5.11 Å². The van der Waals surface area contributed by atoms with Crippen LogP contribution < -0.4 is 5.32 Å². The monoisotopic (exact) mass is 153 g/mol. The highest BCUT2D eigenvalue weighted by molar-refractivity contribution is 4.98. The van der Waals surface area contributed by atoms with Gasteiger partial charge in [0.25, 0.3) is 0 Å². The lowest BCUT2D eigenvalue weighted by Crippen LogP contribution is -2.40. The molecule has 62 valence electrons. The summed E-state index contributed by atoms with van der Waals surface area (Å²) in [5.41, 5.74) is 0. The van der Waals surface area contributed by atoms with E-state index in [1.165, 1.54) is 0 Å². The Morgan fingerprint density at radius 3 is 2.82 bits per heavy atom. The second-order valence-electron chi connectivity index (χ2n) is 3.16. The number of nitrogens with one attached hydrogen (secondary N) is 1. The molecular formula is C9H15NO. The molecular weight excluding hydrogens is 138 g/mol. The highest BCUT2D eigenvalue weighted by Crippen LogP contribution is 2.18. The lowest BCUT2D eigenvalue weighted by Gasteiger charge is -2.18. The summed E-state index contributed by atoms with van der Waals surface area (Å²) in [5, 5.41) is 12.6. The van der Waals surface area contributed by atoms with Crippen molar-refractivity contribution in [3.63, 3.8) is 0 Å². The van der Waals surface area contributed by atoms with Gasteiger partial charge in [0.2, 0.25) is 0 Å². The molecule has 2 N–H and O–H groups in total. The average Bonchev–Trinajstić information content (AvgIpc) is 2.37. The van der Waals surface area contributed by atoms with Crippen molar-refractivity contribution in [2.24, 2.45) is 0 Å². The zero-order chi connectivity index (χ0) is 8.27. The first-order chi connectivity index (χ1) is 5.24. The SMILES string of the molecule is C#CC(C)N[C@H]1CCC[C@@H]1O. The zero-order valence-corrected chi connectivity index (χ0v) is 6.88. The molecule has 1 aliphatic carbocycles. The van der Waals surface area contributed by atoms with Crippen molar-refractivity contribution in [2.45, 2.75) is 44.4 Å². The number of hydrogen-bond acceptors (Lipinski definition) is 2. The molecule has 1 rings (SSSR count). The molecule has 0 amide bonds. The largest absolute Gasteiger partial charge is 0.392 e. The van der Waals surface area contributed by atoms with Gasteiger partial charge in [0.05, 0.1) is 12.1 Å². The Morgan fingerprint density at radius 1 is 1.64 bits per heavy atom. The number of terminal acetylenes is 1. The van der Waals surface area contributed by atoms with Gasteiger partial charge in [-0.15, -0.1) is 6.42 Å². The van der Waals surface area contributed by atoms with E-state index in [0.717, 1.165) is 19.3 Å². The van der Waals surface area contributed by atoms with Gasteiger partial charge in [-0.25, -0.2) is 0 Å². The van der Waals surface area contributed by atoms with Crippen molar-refractivity contribution in [3.05, 3.63) is 0 Å². The van der Waals surface area contributed by atoms with Crippen LogP contribution in [-0.2, 0) is 0 Å². The van der Waals surface area contributed by atoms with Crippen molar-refractivity contribution in [2.75, 3.05) is 0 Å². The van der Waals surface area contributed by atoms with Crippen LogP contribution >= 0.6 is 0 Å². The van der Waals surface area contributed by atoms with Gasteiger partial charge in [-0.1, -0.05) is 5.92 Å². The van der Waals surface area contributed by atoms with E-state index < -0.39 is 0 Å². The number of hydrogen-bond donors (Lipinski definition) is 2. The highest BCUT2D eigenvalue weighted by Gasteiger charge is 2.25. The third-order valence-corrected chi connectivity index (χ3v) is 2.19. The highest BCUT2D eigenvalue weighted by atomic mass is 16.3. The molecule has 0 aromatic carbocycles. The van der Waals surface area contributed by atoms with Gasteiger partial charge in [-0.2, -0.15) is 0 Å².